The Hall–Kier alpha value is -0.550. The Morgan fingerprint density at radius 2 is 1.60 bits per heavy atom. The van der Waals surface area contributed by atoms with Crippen molar-refractivity contribution >= 4 is 0 Å². The second-order valence-corrected chi connectivity index (χ2v) is 4.39. The highest BCUT2D eigenvalue weighted by molar-refractivity contribution is 4.89. The van der Waals surface area contributed by atoms with Crippen molar-refractivity contribution in [1.29, 1.82) is 5.26 Å². The van der Waals surface area contributed by atoms with E-state index >= 15 is 0 Å². The van der Waals surface area contributed by atoms with Gasteiger partial charge in [0.1, 0.15) is 0 Å². The third-order valence-electron chi connectivity index (χ3n) is 3.27. The fourth-order valence-corrected chi connectivity index (χ4v) is 2.03. The summed E-state index contributed by atoms with van der Waals surface area (Å²) in [5.41, 5.74) is 0. The highest BCUT2D eigenvalue weighted by atomic mass is 15.1. The van der Waals surface area contributed by atoms with Crippen molar-refractivity contribution in [2.24, 2.45) is 5.92 Å². The lowest BCUT2D eigenvalue weighted by atomic mass is 9.86. The summed E-state index contributed by atoms with van der Waals surface area (Å²) in [4.78, 5) is 2.44. The van der Waals surface area contributed by atoms with E-state index in [1.54, 1.807) is 0 Å². The number of hydrogen-bond donors (Lipinski definition) is 0. The van der Waals surface area contributed by atoms with E-state index in [1.165, 1.54) is 12.8 Å². The minimum Gasteiger partial charge on any atom is -0.301 e. The molecule has 0 aromatic rings. The lowest BCUT2D eigenvalue weighted by Gasteiger charge is -2.35. The molecule has 0 amide bonds. The van der Waals surface area contributed by atoms with Gasteiger partial charge in [-0.2, -0.15) is 5.26 Å². The summed E-state index contributed by atoms with van der Waals surface area (Å²) in [7, 11) is 2.20. The van der Waals surface area contributed by atoms with Gasteiger partial charge in [0.05, 0.1) is 6.07 Å². The summed E-state index contributed by atoms with van der Waals surface area (Å²) >= 11 is 0. The van der Waals surface area contributed by atoms with E-state index < -0.39 is 0 Å². The molecule has 0 atom stereocenters. The molecule has 1 fully saturated rings. The lowest BCUT2D eigenvalue weighted by molar-refractivity contribution is 0.145. The molecule has 2 heteroatoms. The van der Waals surface area contributed by atoms with E-state index in [0.717, 1.165) is 12.8 Å². The monoisotopic (exact) mass is 210 g/mol. The molecule has 0 spiro atoms. The first kappa shape index (κ1) is 14.5. The molecule has 0 unspecified atom stereocenters. The SMILES string of the molecule is CC.CC(C)N(C)C1CCC(C#N)CC1. The van der Waals surface area contributed by atoms with Gasteiger partial charge in [-0.1, -0.05) is 13.8 Å². The van der Waals surface area contributed by atoms with Gasteiger partial charge in [0.25, 0.3) is 0 Å². The fraction of sp³-hybridized carbons (Fsp3) is 0.923. The number of rotatable bonds is 2. The molecule has 88 valence electrons. The zero-order chi connectivity index (χ0) is 11.8. The predicted molar refractivity (Wildman–Crippen MR) is 65.6 cm³/mol. The predicted octanol–water partition coefficient (Wildman–Crippen LogP) is 3.44. The van der Waals surface area contributed by atoms with Crippen LogP contribution in [-0.2, 0) is 0 Å². The molecule has 0 N–H and O–H groups in total. The molecular formula is C13H26N2. The summed E-state index contributed by atoms with van der Waals surface area (Å²) in [6.07, 6.45) is 4.59. The highest BCUT2D eigenvalue weighted by Gasteiger charge is 2.24. The van der Waals surface area contributed by atoms with Crippen LogP contribution < -0.4 is 0 Å². The summed E-state index contributed by atoms with van der Waals surface area (Å²) in [5.74, 6) is 0.330. The van der Waals surface area contributed by atoms with Crippen molar-refractivity contribution in [1.82, 2.24) is 4.90 Å². The van der Waals surface area contributed by atoms with Crippen molar-refractivity contribution in [2.75, 3.05) is 7.05 Å². The van der Waals surface area contributed by atoms with Crippen LogP contribution in [0.4, 0.5) is 0 Å². The van der Waals surface area contributed by atoms with E-state index in [0.29, 0.717) is 18.0 Å². The molecule has 0 aromatic heterocycles. The van der Waals surface area contributed by atoms with Crippen LogP contribution in [0.3, 0.4) is 0 Å². The Labute approximate surface area is 95.3 Å². The van der Waals surface area contributed by atoms with Crippen molar-refractivity contribution in [3.05, 3.63) is 0 Å². The van der Waals surface area contributed by atoms with E-state index in [2.05, 4.69) is 31.9 Å². The second kappa shape index (κ2) is 7.70. The molecule has 1 aliphatic rings. The molecule has 0 bridgehead atoms. The molecule has 0 heterocycles. The third kappa shape index (κ3) is 4.66. The summed E-state index contributed by atoms with van der Waals surface area (Å²) < 4.78 is 0. The molecule has 15 heavy (non-hydrogen) atoms. The van der Waals surface area contributed by atoms with Crippen LogP contribution >= 0.6 is 0 Å². The standard InChI is InChI=1S/C11H20N2.C2H6/c1-9(2)13(3)11-6-4-10(8-12)5-7-11;1-2/h9-11H,4-7H2,1-3H3;1-2H3. The number of nitriles is 1. The Morgan fingerprint density at radius 1 is 1.13 bits per heavy atom. The van der Waals surface area contributed by atoms with E-state index in [-0.39, 0.29) is 0 Å². The fourth-order valence-electron chi connectivity index (χ4n) is 2.03. The molecule has 0 aromatic carbocycles. The largest absolute Gasteiger partial charge is 0.301 e. The summed E-state index contributed by atoms with van der Waals surface area (Å²) in [5, 5.41) is 8.76. The van der Waals surface area contributed by atoms with Gasteiger partial charge in [-0.3, -0.25) is 0 Å². The Morgan fingerprint density at radius 3 is 1.93 bits per heavy atom. The first-order valence-electron chi connectivity index (χ1n) is 6.26. The number of hydrogen-bond acceptors (Lipinski definition) is 2. The van der Waals surface area contributed by atoms with E-state index in [9.17, 15) is 0 Å². The molecule has 0 aliphatic heterocycles. The topological polar surface area (TPSA) is 27.0 Å². The average Bonchev–Trinajstić information content (AvgIpc) is 2.31. The normalized spacial score (nSPS) is 25.7. The van der Waals surface area contributed by atoms with Gasteiger partial charge < -0.3 is 4.90 Å². The molecule has 0 saturated heterocycles. The maximum atomic E-state index is 8.76. The average molecular weight is 210 g/mol. The Bertz CT molecular complexity index is 185. The second-order valence-electron chi connectivity index (χ2n) is 4.39. The summed E-state index contributed by atoms with van der Waals surface area (Å²) in [6.45, 7) is 8.47. The van der Waals surface area contributed by atoms with Gasteiger partial charge in [-0.15, -0.1) is 0 Å². The number of nitrogens with zero attached hydrogens (tertiary/aromatic N) is 2. The highest BCUT2D eigenvalue weighted by Crippen LogP contribution is 2.27. The van der Waals surface area contributed by atoms with Crippen LogP contribution in [-0.4, -0.2) is 24.0 Å². The zero-order valence-electron chi connectivity index (χ0n) is 11.0. The van der Waals surface area contributed by atoms with E-state index in [1.807, 2.05) is 13.8 Å². The lowest BCUT2D eigenvalue weighted by Crippen LogP contribution is -2.39. The summed E-state index contributed by atoms with van der Waals surface area (Å²) in [6, 6.07) is 3.72. The van der Waals surface area contributed by atoms with Gasteiger partial charge >= 0.3 is 0 Å². The van der Waals surface area contributed by atoms with Crippen molar-refractivity contribution in [3.63, 3.8) is 0 Å². The van der Waals surface area contributed by atoms with Gasteiger partial charge in [0, 0.05) is 18.0 Å². The Kier molecular flexibility index (Phi) is 7.42. The third-order valence-corrected chi connectivity index (χ3v) is 3.27. The van der Waals surface area contributed by atoms with Gasteiger partial charge in [-0.25, -0.2) is 0 Å². The molecule has 0 radical (unpaired) electrons. The molecule has 1 saturated carbocycles. The first-order chi connectivity index (χ1) is 7.15. The molecule has 1 aliphatic carbocycles. The van der Waals surface area contributed by atoms with Gasteiger partial charge in [0.2, 0.25) is 0 Å². The molecular weight excluding hydrogens is 184 g/mol. The van der Waals surface area contributed by atoms with Gasteiger partial charge in [-0.05, 0) is 46.6 Å². The van der Waals surface area contributed by atoms with Crippen LogP contribution in [0.1, 0.15) is 53.4 Å². The van der Waals surface area contributed by atoms with Crippen LogP contribution in [0.2, 0.25) is 0 Å². The minimum atomic E-state index is 0.330. The quantitative estimate of drug-likeness (QED) is 0.698. The van der Waals surface area contributed by atoms with Crippen LogP contribution in [0.5, 0.6) is 0 Å². The zero-order valence-corrected chi connectivity index (χ0v) is 11.0. The van der Waals surface area contributed by atoms with Crippen LogP contribution in [0, 0.1) is 17.2 Å². The van der Waals surface area contributed by atoms with Crippen molar-refractivity contribution in [3.8, 4) is 6.07 Å². The smallest absolute Gasteiger partial charge is 0.0655 e. The van der Waals surface area contributed by atoms with Crippen LogP contribution in [0.15, 0.2) is 0 Å². The minimum absolute atomic E-state index is 0.330. The maximum absolute atomic E-state index is 8.76. The van der Waals surface area contributed by atoms with Crippen molar-refractivity contribution in [2.45, 2.75) is 65.5 Å². The van der Waals surface area contributed by atoms with Crippen LogP contribution in [0.25, 0.3) is 0 Å². The Balaban J connectivity index is 0.000000921. The van der Waals surface area contributed by atoms with Gasteiger partial charge in [0.15, 0.2) is 0 Å². The molecule has 1 rings (SSSR count). The maximum Gasteiger partial charge on any atom is 0.0655 e. The van der Waals surface area contributed by atoms with Crippen molar-refractivity contribution < 1.29 is 0 Å². The molecule has 2 nitrogen and oxygen atoms in total. The first-order valence-corrected chi connectivity index (χ1v) is 6.26. The van der Waals surface area contributed by atoms with E-state index in [4.69, 9.17) is 5.26 Å².